The van der Waals surface area contributed by atoms with Crippen molar-refractivity contribution in [3.63, 3.8) is 0 Å². The Labute approximate surface area is 150 Å². The minimum absolute atomic E-state index is 0.149. The van der Waals surface area contributed by atoms with Gasteiger partial charge in [-0.05, 0) is 31.9 Å². The number of aryl methyl sites for hydroxylation is 1. The number of amidine groups is 1. The van der Waals surface area contributed by atoms with E-state index < -0.39 is 0 Å². The highest BCUT2D eigenvalue weighted by atomic mass is 32.2. The smallest absolute Gasteiger partial charge is 0.158 e. The van der Waals surface area contributed by atoms with Crippen molar-refractivity contribution in [2.75, 3.05) is 0 Å². The maximum absolute atomic E-state index is 4.89. The fraction of sp³-hybridized carbons (Fsp3) is 0.286. The highest BCUT2D eigenvalue weighted by Crippen LogP contribution is 2.23. The van der Waals surface area contributed by atoms with Crippen molar-refractivity contribution < 1.29 is 0 Å². The molecule has 1 aliphatic rings. The summed E-state index contributed by atoms with van der Waals surface area (Å²) >= 11 is 1.77. The van der Waals surface area contributed by atoms with Gasteiger partial charge in [-0.25, -0.2) is 0 Å². The number of thioether (sulfide) groups is 1. The van der Waals surface area contributed by atoms with Crippen molar-refractivity contribution in [1.82, 2.24) is 5.32 Å². The monoisotopic (exact) mass is 338 g/mol. The molecule has 1 aliphatic heterocycles. The summed E-state index contributed by atoms with van der Waals surface area (Å²) in [7, 11) is 0. The van der Waals surface area contributed by atoms with Gasteiger partial charge in [0, 0.05) is 5.75 Å². The number of aliphatic imine (C=N–C) groups is 1. The van der Waals surface area contributed by atoms with E-state index in [-0.39, 0.29) is 12.1 Å². The zero-order valence-corrected chi connectivity index (χ0v) is 15.5. The number of benzene rings is 1. The molecule has 126 valence electrons. The van der Waals surface area contributed by atoms with Crippen LogP contribution in [0.5, 0.6) is 0 Å². The molecule has 0 spiro atoms. The fourth-order valence-electron chi connectivity index (χ4n) is 2.63. The summed E-state index contributed by atoms with van der Waals surface area (Å²) in [4.78, 5) is 4.89. The lowest BCUT2D eigenvalue weighted by Gasteiger charge is -2.15. The van der Waals surface area contributed by atoms with E-state index in [1.54, 1.807) is 17.8 Å². The zero-order valence-electron chi connectivity index (χ0n) is 14.7. The van der Waals surface area contributed by atoms with E-state index in [1.807, 2.05) is 19.1 Å². The second kappa shape index (κ2) is 9.33. The van der Waals surface area contributed by atoms with E-state index in [1.165, 1.54) is 16.7 Å². The van der Waals surface area contributed by atoms with Gasteiger partial charge in [-0.15, -0.1) is 0 Å². The molecule has 0 saturated carbocycles. The number of nitrogens with one attached hydrogen (secondary N) is 1. The molecule has 2 rings (SSSR count). The summed E-state index contributed by atoms with van der Waals surface area (Å²) in [6.45, 7) is 10.0. The largest absolute Gasteiger partial charge is 0.356 e. The van der Waals surface area contributed by atoms with Crippen LogP contribution < -0.4 is 5.32 Å². The third kappa shape index (κ3) is 5.27. The normalized spacial score (nSPS) is 21.3. The van der Waals surface area contributed by atoms with E-state index in [0.717, 1.165) is 10.9 Å². The lowest BCUT2D eigenvalue weighted by Crippen LogP contribution is -2.32. The zero-order chi connectivity index (χ0) is 17.4. The Kier molecular flexibility index (Phi) is 7.13. The molecular formula is C21H26N2S. The Morgan fingerprint density at radius 3 is 2.92 bits per heavy atom. The third-order valence-electron chi connectivity index (χ3n) is 3.82. The van der Waals surface area contributed by atoms with Crippen LogP contribution in [-0.2, 0) is 5.75 Å². The molecule has 1 aromatic rings. The van der Waals surface area contributed by atoms with Gasteiger partial charge in [0.2, 0.25) is 0 Å². The Bertz CT molecular complexity index is 683. The predicted molar refractivity (Wildman–Crippen MR) is 109 cm³/mol. The van der Waals surface area contributed by atoms with Gasteiger partial charge in [0.05, 0.1) is 12.1 Å². The lowest BCUT2D eigenvalue weighted by molar-refractivity contribution is 0.673. The first kappa shape index (κ1) is 18.3. The van der Waals surface area contributed by atoms with E-state index >= 15 is 0 Å². The van der Waals surface area contributed by atoms with E-state index in [9.17, 15) is 0 Å². The molecule has 2 atom stereocenters. The molecule has 3 heteroatoms. The average molecular weight is 339 g/mol. The summed E-state index contributed by atoms with van der Waals surface area (Å²) in [6, 6.07) is 9.01. The Morgan fingerprint density at radius 2 is 2.21 bits per heavy atom. The van der Waals surface area contributed by atoms with Crippen LogP contribution in [0.3, 0.4) is 0 Å². The van der Waals surface area contributed by atoms with Gasteiger partial charge in [-0.2, -0.15) is 0 Å². The number of rotatable bonds is 6. The van der Waals surface area contributed by atoms with Crippen LogP contribution in [0.15, 0.2) is 77.9 Å². The van der Waals surface area contributed by atoms with Gasteiger partial charge in [0.15, 0.2) is 5.17 Å². The topological polar surface area (TPSA) is 24.4 Å². The maximum atomic E-state index is 4.89. The molecule has 0 aromatic heterocycles. The standard InChI is InChI=1S/C21H26N2S/c1-5-7-8-12-17(4)20-19(10-6-2)22-21(23-20)24-15-18-13-9-11-16(3)14-18/h5-14,19-20H,1,15H2,2-4H3,(H,22,23)/b8-7-,10-6+,17-12+/t19-,20+/m0/s1. The van der Waals surface area contributed by atoms with Crippen LogP contribution >= 0.6 is 11.8 Å². The molecule has 0 amide bonds. The molecule has 2 nitrogen and oxygen atoms in total. The summed E-state index contributed by atoms with van der Waals surface area (Å²) in [6.07, 6.45) is 12.1. The summed E-state index contributed by atoms with van der Waals surface area (Å²) in [5, 5.41) is 4.56. The van der Waals surface area contributed by atoms with Crippen molar-refractivity contribution in [3.8, 4) is 0 Å². The lowest BCUT2D eigenvalue weighted by atomic mass is 10.0. The predicted octanol–water partition coefficient (Wildman–Crippen LogP) is 5.19. The minimum Gasteiger partial charge on any atom is -0.356 e. The fourth-order valence-corrected chi connectivity index (χ4v) is 3.52. The maximum Gasteiger partial charge on any atom is 0.158 e. The molecule has 1 aromatic carbocycles. The summed E-state index contributed by atoms with van der Waals surface area (Å²) < 4.78 is 0. The molecular weight excluding hydrogens is 312 g/mol. The number of allylic oxidation sites excluding steroid dienone is 5. The Hall–Kier alpha value is -2.00. The molecule has 0 saturated heterocycles. The highest BCUT2D eigenvalue weighted by Gasteiger charge is 2.27. The second-order valence-electron chi connectivity index (χ2n) is 5.88. The summed E-state index contributed by atoms with van der Waals surface area (Å²) in [5.41, 5.74) is 3.87. The molecule has 0 aliphatic carbocycles. The summed E-state index contributed by atoms with van der Waals surface area (Å²) in [5.74, 6) is 0.932. The number of hydrogen-bond donors (Lipinski definition) is 1. The van der Waals surface area contributed by atoms with Gasteiger partial charge in [0.25, 0.3) is 0 Å². The van der Waals surface area contributed by atoms with Crippen LogP contribution in [-0.4, -0.2) is 17.3 Å². The molecule has 0 radical (unpaired) electrons. The van der Waals surface area contributed by atoms with Crippen molar-refractivity contribution in [3.05, 3.63) is 84.0 Å². The molecule has 0 fully saturated rings. The van der Waals surface area contributed by atoms with Crippen molar-refractivity contribution in [2.24, 2.45) is 4.99 Å². The minimum atomic E-state index is 0.149. The van der Waals surface area contributed by atoms with Crippen LogP contribution in [0, 0.1) is 6.92 Å². The van der Waals surface area contributed by atoms with Gasteiger partial charge < -0.3 is 5.32 Å². The molecule has 1 N–H and O–H groups in total. The average Bonchev–Trinajstić information content (AvgIpc) is 2.97. The third-order valence-corrected chi connectivity index (χ3v) is 4.79. The van der Waals surface area contributed by atoms with Crippen molar-refractivity contribution in [2.45, 2.75) is 38.6 Å². The van der Waals surface area contributed by atoms with Gasteiger partial charge in [-0.1, -0.05) is 84.6 Å². The molecule has 1 heterocycles. The quantitative estimate of drug-likeness (QED) is 0.570. The van der Waals surface area contributed by atoms with E-state index in [4.69, 9.17) is 4.99 Å². The van der Waals surface area contributed by atoms with E-state index in [0.29, 0.717) is 0 Å². The SMILES string of the molecule is C=C/C=C\C=C(/C)[C@H]1N=C(SCc2cccc(C)c2)N[C@H]1/C=C/C. The van der Waals surface area contributed by atoms with Gasteiger partial charge in [0.1, 0.15) is 0 Å². The molecule has 24 heavy (non-hydrogen) atoms. The van der Waals surface area contributed by atoms with Crippen LogP contribution in [0.2, 0.25) is 0 Å². The second-order valence-corrected chi connectivity index (χ2v) is 6.85. The molecule has 0 unspecified atom stereocenters. The molecule has 0 bridgehead atoms. The van der Waals surface area contributed by atoms with E-state index in [2.05, 4.69) is 68.2 Å². The first-order valence-corrected chi connectivity index (χ1v) is 9.24. The Morgan fingerprint density at radius 1 is 1.38 bits per heavy atom. The first-order chi connectivity index (χ1) is 11.6. The first-order valence-electron chi connectivity index (χ1n) is 8.25. The van der Waals surface area contributed by atoms with Gasteiger partial charge >= 0.3 is 0 Å². The highest BCUT2D eigenvalue weighted by molar-refractivity contribution is 8.13. The van der Waals surface area contributed by atoms with Crippen LogP contribution in [0.4, 0.5) is 0 Å². The van der Waals surface area contributed by atoms with Gasteiger partial charge in [-0.3, -0.25) is 4.99 Å². The number of nitrogens with zero attached hydrogens (tertiary/aromatic N) is 1. The van der Waals surface area contributed by atoms with Crippen LogP contribution in [0.25, 0.3) is 0 Å². The van der Waals surface area contributed by atoms with Crippen molar-refractivity contribution >= 4 is 16.9 Å². The van der Waals surface area contributed by atoms with Crippen LogP contribution in [0.1, 0.15) is 25.0 Å². The van der Waals surface area contributed by atoms with Crippen molar-refractivity contribution in [1.29, 1.82) is 0 Å². The Balaban J connectivity index is 2.07. The number of hydrogen-bond acceptors (Lipinski definition) is 3.